The standard InChI is InChI=1S/C14H19NO3/c1-10(2)18-12-5-3-11(4-6-12)13(17)15-14(9-16)7-8-14/h3-6,10,16H,7-9H2,1-2H3,(H,15,17). The minimum absolute atomic E-state index is 0.00723. The summed E-state index contributed by atoms with van der Waals surface area (Å²) in [6.07, 6.45) is 1.82. The molecule has 98 valence electrons. The van der Waals surface area contributed by atoms with Crippen molar-refractivity contribution in [2.45, 2.75) is 38.3 Å². The minimum atomic E-state index is -0.371. The van der Waals surface area contributed by atoms with Gasteiger partial charge in [0.2, 0.25) is 0 Å². The molecule has 0 bridgehead atoms. The van der Waals surface area contributed by atoms with Gasteiger partial charge in [0.05, 0.1) is 18.2 Å². The molecule has 1 aliphatic rings. The summed E-state index contributed by atoms with van der Waals surface area (Å²) in [5, 5.41) is 12.0. The van der Waals surface area contributed by atoms with Crippen LogP contribution in [0.4, 0.5) is 0 Å². The Balaban J connectivity index is 1.98. The van der Waals surface area contributed by atoms with E-state index in [4.69, 9.17) is 9.84 Å². The molecule has 1 saturated carbocycles. The summed E-state index contributed by atoms with van der Waals surface area (Å²) in [6, 6.07) is 7.04. The van der Waals surface area contributed by atoms with Gasteiger partial charge in [0, 0.05) is 5.56 Å². The molecule has 0 saturated heterocycles. The minimum Gasteiger partial charge on any atom is -0.491 e. The highest BCUT2D eigenvalue weighted by Gasteiger charge is 2.43. The molecule has 4 heteroatoms. The zero-order chi connectivity index (χ0) is 13.2. The van der Waals surface area contributed by atoms with Crippen LogP contribution in [-0.4, -0.2) is 29.3 Å². The summed E-state index contributed by atoms with van der Waals surface area (Å²) in [4.78, 5) is 11.9. The largest absolute Gasteiger partial charge is 0.491 e. The summed E-state index contributed by atoms with van der Waals surface area (Å²) in [6.45, 7) is 3.92. The third-order valence-electron chi connectivity index (χ3n) is 3.02. The highest BCUT2D eigenvalue weighted by atomic mass is 16.5. The van der Waals surface area contributed by atoms with Gasteiger partial charge >= 0.3 is 0 Å². The highest BCUT2D eigenvalue weighted by molar-refractivity contribution is 5.95. The average molecular weight is 249 g/mol. The molecule has 0 radical (unpaired) electrons. The number of ether oxygens (including phenoxy) is 1. The Morgan fingerprint density at radius 1 is 1.39 bits per heavy atom. The third kappa shape index (κ3) is 3.01. The van der Waals surface area contributed by atoms with Crippen LogP contribution in [-0.2, 0) is 0 Å². The van der Waals surface area contributed by atoms with Gasteiger partial charge in [-0.25, -0.2) is 0 Å². The van der Waals surface area contributed by atoms with Crippen molar-refractivity contribution in [2.75, 3.05) is 6.61 Å². The number of carbonyl (C=O) groups excluding carboxylic acids is 1. The molecule has 0 heterocycles. The second kappa shape index (κ2) is 4.98. The highest BCUT2D eigenvalue weighted by Crippen LogP contribution is 2.34. The molecule has 1 aromatic carbocycles. The van der Waals surface area contributed by atoms with Gasteiger partial charge in [-0.15, -0.1) is 0 Å². The molecule has 4 nitrogen and oxygen atoms in total. The van der Waals surface area contributed by atoms with Gasteiger partial charge in [-0.1, -0.05) is 0 Å². The maximum atomic E-state index is 11.9. The Morgan fingerprint density at radius 2 is 2.00 bits per heavy atom. The van der Waals surface area contributed by atoms with E-state index in [0.29, 0.717) is 5.56 Å². The predicted octanol–water partition coefficient (Wildman–Crippen LogP) is 1.73. The van der Waals surface area contributed by atoms with E-state index in [1.807, 2.05) is 13.8 Å². The van der Waals surface area contributed by atoms with Crippen molar-refractivity contribution in [1.29, 1.82) is 0 Å². The van der Waals surface area contributed by atoms with Gasteiger partial charge in [0.25, 0.3) is 5.91 Å². The van der Waals surface area contributed by atoms with E-state index in [-0.39, 0.29) is 24.2 Å². The molecule has 2 N–H and O–H groups in total. The summed E-state index contributed by atoms with van der Waals surface area (Å²) >= 11 is 0. The zero-order valence-electron chi connectivity index (χ0n) is 10.8. The number of hydrogen-bond acceptors (Lipinski definition) is 3. The number of aliphatic hydroxyl groups is 1. The molecule has 1 aliphatic carbocycles. The maximum absolute atomic E-state index is 11.9. The molecular formula is C14H19NO3. The normalized spacial score (nSPS) is 16.4. The van der Waals surface area contributed by atoms with Crippen LogP contribution >= 0.6 is 0 Å². The lowest BCUT2D eigenvalue weighted by Crippen LogP contribution is -2.39. The van der Waals surface area contributed by atoms with Crippen molar-refractivity contribution in [3.8, 4) is 5.75 Å². The lowest BCUT2D eigenvalue weighted by molar-refractivity contribution is 0.0907. The van der Waals surface area contributed by atoms with E-state index < -0.39 is 0 Å². The van der Waals surface area contributed by atoms with Crippen molar-refractivity contribution >= 4 is 5.91 Å². The van der Waals surface area contributed by atoms with Gasteiger partial charge < -0.3 is 15.2 Å². The van der Waals surface area contributed by atoms with Crippen LogP contribution in [0.25, 0.3) is 0 Å². The summed E-state index contributed by atoms with van der Waals surface area (Å²) < 4.78 is 5.51. The van der Waals surface area contributed by atoms with Crippen molar-refractivity contribution in [1.82, 2.24) is 5.32 Å². The van der Waals surface area contributed by atoms with Crippen LogP contribution in [0.15, 0.2) is 24.3 Å². The van der Waals surface area contributed by atoms with Gasteiger partial charge in [0.15, 0.2) is 0 Å². The first-order chi connectivity index (χ1) is 8.54. The Kier molecular flexibility index (Phi) is 3.57. The Hall–Kier alpha value is -1.55. The average Bonchev–Trinajstić information content (AvgIpc) is 3.09. The van der Waals surface area contributed by atoms with Gasteiger partial charge in [-0.05, 0) is 51.0 Å². The maximum Gasteiger partial charge on any atom is 0.251 e. The summed E-state index contributed by atoms with van der Waals surface area (Å²) in [5.41, 5.74) is 0.218. The molecule has 0 unspecified atom stereocenters. The fraction of sp³-hybridized carbons (Fsp3) is 0.500. The SMILES string of the molecule is CC(C)Oc1ccc(C(=O)NC2(CO)CC2)cc1. The molecular weight excluding hydrogens is 230 g/mol. The first-order valence-electron chi connectivity index (χ1n) is 6.25. The number of rotatable bonds is 5. The fourth-order valence-corrected chi connectivity index (χ4v) is 1.74. The van der Waals surface area contributed by atoms with Crippen molar-refractivity contribution in [3.63, 3.8) is 0 Å². The lowest BCUT2D eigenvalue weighted by Gasteiger charge is -2.14. The lowest BCUT2D eigenvalue weighted by atomic mass is 10.2. The summed E-state index contributed by atoms with van der Waals surface area (Å²) in [5.74, 6) is 0.613. The van der Waals surface area contributed by atoms with Crippen molar-refractivity contribution in [2.24, 2.45) is 0 Å². The second-order valence-electron chi connectivity index (χ2n) is 5.08. The third-order valence-corrected chi connectivity index (χ3v) is 3.02. The Bertz CT molecular complexity index is 421. The van der Waals surface area contributed by atoms with Crippen LogP contribution in [0.1, 0.15) is 37.0 Å². The number of hydrogen-bond donors (Lipinski definition) is 2. The van der Waals surface area contributed by atoms with Gasteiger partial charge in [-0.2, -0.15) is 0 Å². The number of benzene rings is 1. The van der Waals surface area contributed by atoms with E-state index in [0.717, 1.165) is 18.6 Å². The van der Waals surface area contributed by atoms with Gasteiger partial charge in [-0.3, -0.25) is 4.79 Å². The smallest absolute Gasteiger partial charge is 0.251 e. The number of amides is 1. The second-order valence-corrected chi connectivity index (χ2v) is 5.08. The molecule has 1 fully saturated rings. The van der Waals surface area contributed by atoms with E-state index in [9.17, 15) is 4.79 Å². The molecule has 0 aromatic heterocycles. The van der Waals surface area contributed by atoms with Crippen LogP contribution in [0, 0.1) is 0 Å². The molecule has 1 amide bonds. The fourth-order valence-electron chi connectivity index (χ4n) is 1.74. The number of nitrogens with one attached hydrogen (secondary N) is 1. The first kappa shape index (κ1) is 12.9. The zero-order valence-corrected chi connectivity index (χ0v) is 10.8. The quantitative estimate of drug-likeness (QED) is 0.835. The predicted molar refractivity (Wildman–Crippen MR) is 68.7 cm³/mol. The molecule has 2 rings (SSSR count). The molecule has 0 atom stereocenters. The van der Waals surface area contributed by atoms with Crippen molar-refractivity contribution < 1.29 is 14.6 Å². The molecule has 18 heavy (non-hydrogen) atoms. The van der Waals surface area contributed by atoms with Crippen LogP contribution in [0.2, 0.25) is 0 Å². The number of aliphatic hydroxyl groups excluding tert-OH is 1. The Morgan fingerprint density at radius 3 is 2.44 bits per heavy atom. The number of carbonyl (C=O) groups is 1. The topological polar surface area (TPSA) is 58.6 Å². The van der Waals surface area contributed by atoms with E-state index in [2.05, 4.69) is 5.32 Å². The van der Waals surface area contributed by atoms with Crippen molar-refractivity contribution in [3.05, 3.63) is 29.8 Å². The van der Waals surface area contributed by atoms with E-state index in [1.165, 1.54) is 0 Å². The molecule has 0 spiro atoms. The summed E-state index contributed by atoms with van der Waals surface area (Å²) in [7, 11) is 0. The Labute approximate surface area is 107 Å². The van der Waals surface area contributed by atoms with Crippen LogP contribution in [0.5, 0.6) is 5.75 Å². The molecule has 1 aromatic rings. The van der Waals surface area contributed by atoms with Gasteiger partial charge in [0.1, 0.15) is 5.75 Å². The van der Waals surface area contributed by atoms with E-state index >= 15 is 0 Å². The molecule has 0 aliphatic heterocycles. The van der Waals surface area contributed by atoms with Crippen LogP contribution in [0.3, 0.4) is 0 Å². The van der Waals surface area contributed by atoms with Crippen LogP contribution < -0.4 is 10.1 Å². The monoisotopic (exact) mass is 249 g/mol. The first-order valence-corrected chi connectivity index (χ1v) is 6.25. The van der Waals surface area contributed by atoms with E-state index in [1.54, 1.807) is 24.3 Å².